The van der Waals surface area contributed by atoms with Crippen LogP contribution in [0.25, 0.3) is 0 Å². The molecule has 1 saturated carbocycles. The maximum absolute atomic E-state index is 11.5. The predicted octanol–water partition coefficient (Wildman–Crippen LogP) is 0.935. The lowest BCUT2D eigenvalue weighted by Crippen LogP contribution is -2.30. The molecule has 1 aliphatic carbocycles. The minimum atomic E-state index is -0.716. The van der Waals surface area contributed by atoms with Gasteiger partial charge in [0.25, 0.3) is 0 Å². The molecule has 1 amide bonds. The highest BCUT2D eigenvalue weighted by atomic mass is 16.2. The summed E-state index contributed by atoms with van der Waals surface area (Å²) < 4.78 is 0. The van der Waals surface area contributed by atoms with Gasteiger partial charge in [0.15, 0.2) is 0 Å². The number of rotatable bonds is 3. The Labute approximate surface area is 81.9 Å². The van der Waals surface area contributed by atoms with Gasteiger partial charge in [-0.15, -0.1) is 0 Å². The van der Waals surface area contributed by atoms with Gasteiger partial charge in [-0.25, -0.2) is 0 Å². The van der Waals surface area contributed by atoms with Gasteiger partial charge in [0.2, 0.25) is 5.91 Å². The van der Waals surface area contributed by atoms with Gasteiger partial charge in [-0.1, -0.05) is 0 Å². The first-order valence-electron chi connectivity index (χ1n) is 4.59. The van der Waals surface area contributed by atoms with Crippen LogP contribution in [-0.4, -0.2) is 10.9 Å². The zero-order valence-electron chi connectivity index (χ0n) is 7.71. The van der Waals surface area contributed by atoms with Gasteiger partial charge in [0, 0.05) is 11.9 Å². The predicted molar refractivity (Wildman–Crippen MR) is 49.9 cm³/mol. The van der Waals surface area contributed by atoms with Crippen LogP contribution in [0.3, 0.4) is 0 Å². The van der Waals surface area contributed by atoms with E-state index < -0.39 is 5.41 Å². The summed E-state index contributed by atoms with van der Waals surface area (Å²) in [6.07, 6.45) is 3.19. The Morgan fingerprint density at radius 3 is 3.00 bits per heavy atom. The molecule has 0 aliphatic heterocycles. The molecule has 0 bridgehead atoms. The van der Waals surface area contributed by atoms with Crippen LogP contribution < -0.4 is 5.32 Å². The molecular formula is C10H11N3O. The summed E-state index contributed by atoms with van der Waals surface area (Å²) in [6.45, 7) is 0.468. The molecule has 1 aromatic heterocycles. The second-order valence-electron chi connectivity index (χ2n) is 3.57. The van der Waals surface area contributed by atoms with Crippen LogP contribution in [0.2, 0.25) is 0 Å². The highest BCUT2D eigenvalue weighted by molar-refractivity contribution is 5.88. The Morgan fingerprint density at radius 1 is 1.71 bits per heavy atom. The fourth-order valence-corrected chi connectivity index (χ4v) is 1.34. The van der Waals surface area contributed by atoms with Crippen molar-refractivity contribution in [1.29, 1.82) is 5.26 Å². The third-order valence-electron chi connectivity index (χ3n) is 2.50. The molecule has 0 unspecified atom stereocenters. The summed E-state index contributed by atoms with van der Waals surface area (Å²) in [5.74, 6) is -0.144. The number of H-pyrrole nitrogens is 1. The van der Waals surface area contributed by atoms with Gasteiger partial charge in [-0.05, 0) is 25.0 Å². The highest BCUT2D eigenvalue weighted by Gasteiger charge is 2.50. The molecule has 1 aliphatic rings. The molecule has 0 spiro atoms. The fraction of sp³-hybridized carbons (Fsp3) is 0.400. The summed E-state index contributed by atoms with van der Waals surface area (Å²) in [7, 11) is 0. The van der Waals surface area contributed by atoms with Crippen LogP contribution in [0.15, 0.2) is 18.3 Å². The van der Waals surface area contributed by atoms with Gasteiger partial charge in [-0.2, -0.15) is 5.26 Å². The van der Waals surface area contributed by atoms with Crippen molar-refractivity contribution in [1.82, 2.24) is 10.3 Å². The molecule has 4 nitrogen and oxygen atoms in total. The van der Waals surface area contributed by atoms with E-state index in [1.165, 1.54) is 0 Å². The quantitative estimate of drug-likeness (QED) is 0.742. The van der Waals surface area contributed by atoms with E-state index >= 15 is 0 Å². The van der Waals surface area contributed by atoms with E-state index in [1.54, 1.807) is 6.20 Å². The van der Waals surface area contributed by atoms with Gasteiger partial charge in [0.05, 0.1) is 12.6 Å². The molecule has 14 heavy (non-hydrogen) atoms. The van der Waals surface area contributed by atoms with Gasteiger partial charge in [-0.3, -0.25) is 4.79 Å². The number of carbonyl (C=O) groups excluding carboxylic acids is 1. The fourth-order valence-electron chi connectivity index (χ4n) is 1.34. The van der Waals surface area contributed by atoms with Crippen molar-refractivity contribution < 1.29 is 4.79 Å². The molecule has 1 heterocycles. The van der Waals surface area contributed by atoms with Crippen LogP contribution in [0.5, 0.6) is 0 Å². The lowest BCUT2D eigenvalue weighted by Gasteiger charge is -2.06. The number of hydrogen-bond donors (Lipinski definition) is 2. The largest absolute Gasteiger partial charge is 0.364 e. The van der Waals surface area contributed by atoms with Crippen LogP contribution in [0, 0.1) is 16.7 Å². The molecular weight excluding hydrogens is 178 g/mol. The minimum absolute atomic E-state index is 0.144. The number of carbonyl (C=O) groups is 1. The Kier molecular flexibility index (Phi) is 2.01. The smallest absolute Gasteiger partial charge is 0.240 e. The van der Waals surface area contributed by atoms with E-state index in [4.69, 9.17) is 5.26 Å². The molecule has 2 rings (SSSR count). The molecule has 72 valence electrons. The lowest BCUT2D eigenvalue weighted by molar-refractivity contribution is -0.124. The second kappa shape index (κ2) is 3.18. The SMILES string of the molecule is N#CC1(C(=O)NCc2ccc[nH]2)CC1. The van der Waals surface area contributed by atoms with Gasteiger partial charge in [0.1, 0.15) is 5.41 Å². The number of nitriles is 1. The summed E-state index contributed by atoms with van der Waals surface area (Å²) in [6, 6.07) is 5.83. The second-order valence-corrected chi connectivity index (χ2v) is 3.57. The van der Waals surface area contributed by atoms with Crippen molar-refractivity contribution in [3.63, 3.8) is 0 Å². The van der Waals surface area contributed by atoms with Crippen LogP contribution in [0.4, 0.5) is 0 Å². The van der Waals surface area contributed by atoms with Crippen molar-refractivity contribution in [3.8, 4) is 6.07 Å². The topological polar surface area (TPSA) is 68.7 Å². The van der Waals surface area contributed by atoms with E-state index in [0.29, 0.717) is 19.4 Å². The number of nitrogens with one attached hydrogen (secondary N) is 2. The van der Waals surface area contributed by atoms with Crippen molar-refractivity contribution in [2.45, 2.75) is 19.4 Å². The number of hydrogen-bond acceptors (Lipinski definition) is 2. The Balaban J connectivity index is 1.88. The van der Waals surface area contributed by atoms with Crippen molar-refractivity contribution in [2.24, 2.45) is 5.41 Å². The summed E-state index contributed by atoms with van der Waals surface area (Å²) in [4.78, 5) is 14.5. The zero-order valence-corrected chi connectivity index (χ0v) is 7.71. The number of aromatic nitrogens is 1. The molecule has 0 radical (unpaired) electrons. The Morgan fingerprint density at radius 2 is 2.50 bits per heavy atom. The average Bonchev–Trinajstić information content (AvgIpc) is 2.84. The number of amides is 1. The molecule has 1 aromatic rings. The molecule has 0 atom stereocenters. The van der Waals surface area contributed by atoms with E-state index in [1.807, 2.05) is 12.1 Å². The van der Waals surface area contributed by atoms with Crippen molar-refractivity contribution >= 4 is 5.91 Å². The monoisotopic (exact) mass is 189 g/mol. The molecule has 1 fully saturated rings. The molecule has 0 aromatic carbocycles. The maximum Gasteiger partial charge on any atom is 0.240 e. The molecule has 4 heteroatoms. The normalized spacial score (nSPS) is 17.1. The maximum atomic E-state index is 11.5. The molecule has 0 saturated heterocycles. The lowest BCUT2D eigenvalue weighted by atomic mass is 10.1. The average molecular weight is 189 g/mol. The minimum Gasteiger partial charge on any atom is -0.364 e. The molecule has 2 N–H and O–H groups in total. The van der Waals surface area contributed by atoms with Crippen molar-refractivity contribution in [3.05, 3.63) is 24.0 Å². The third-order valence-corrected chi connectivity index (χ3v) is 2.50. The van der Waals surface area contributed by atoms with E-state index in [9.17, 15) is 4.79 Å². The Hall–Kier alpha value is -1.76. The third kappa shape index (κ3) is 1.49. The van der Waals surface area contributed by atoms with Crippen LogP contribution >= 0.6 is 0 Å². The number of aromatic amines is 1. The van der Waals surface area contributed by atoms with Crippen LogP contribution in [-0.2, 0) is 11.3 Å². The van der Waals surface area contributed by atoms with E-state index in [2.05, 4.69) is 16.4 Å². The first-order valence-corrected chi connectivity index (χ1v) is 4.59. The Bertz CT molecular complexity index is 371. The first-order chi connectivity index (χ1) is 6.77. The first kappa shape index (κ1) is 8.82. The standard InChI is InChI=1S/C10H11N3O/c11-7-10(3-4-10)9(14)13-6-8-2-1-5-12-8/h1-2,5,12H,3-4,6H2,(H,13,14). The summed E-state index contributed by atoms with van der Waals surface area (Å²) in [5, 5.41) is 11.5. The number of nitrogens with zero attached hydrogens (tertiary/aromatic N) is 1. The van der Waals surface area contributed by atoms with Crippen LogP contribution in [0.1, 0.15) is 18.5 Å². The zero-order chi connectivity index (χ0) is 10.0. The highest BCUT2D eigenvalue weighted by Crippen LogP contribution is 2.44. The summed E-state index contributed by atoms with van der Waals surface area (Å²) in [5.41, 5.74) is 0.235. The van der Waals surface area contributed by atoms with E-state index in [-0.39, 0.29) is 5.91 Å². The van der Waals surface area contributed by atoms with E-state index in [0.717, 1.165) is 5.69 Å². The van der Waals surface area contributed by atoms with Crippen molar-refractivity contribution in [2.75, 3.05) is 0 Å². The van der Waals surface area contributed by atoms with Gasteiger partial charge < -0.3 is 10.3 Å². The summed E-state index contributed by atoms with van der Waals surface area (Å²) >= 11 is 0. The van der Waals surface area contributed by atoms with Gasteiger partial charge >= 0.3 is 0 Å².